The zero-order chi connectivity index (χ0) is 10.7. The maximum atomic E-state index is 10.6. The van der Waals surface area contributed by atoms with Crippen LogP contribution < -0.4 is 5.32 Å². The van der Waals surface area contributed by atoms with E-state index in [-0.39, 0.29) is 5.82 Å². The van der Waals surface area contributed by atoms with Gasteiger partial charge in [0.25, 0.3) is 0 Å². The third kappa shape index (κ3) is 2.26. The predicted octanol–water partition coefficient (Wildman–Crippen LogP) is 2.06. The van der Waals surface area contributed by atoms with E-state index in [1.807, 2.05) is 0 Å². The quantitative estimate of drug-likeness (QED) is 0.590. The molecule has 1 aromatic rings. The lowest BCUT2D eigenvalue weighted by molar-refractivity contribution is -0.388. The second-order valence-corrected chi connectivity index (χ2v) is 3.87. The molecule has 0 aromatic carbocycles. The number of rotatable bonds is 3. The van der Waals surface area contributed by atoms with E-state index in [9.17, 15) is 10.1 Å². The van der Waals surface area contributed by atoms with Crippen molar-refractivity contribution in [3.8, 4) is 0 Å². The molecule has 6 heteroatoms. The number of anilines is 1. The number of H-pyrrole nitrogens is 1. The summed E-state index contributed by atoms with van der Waals surface area (Å²) in [5.74, 6) is -0.0411. The smallest absolute Gasteiger partial charge is 0.366 e. The number of nitrogens with zero attached hydrogens (tertiary/aromatic N) is 2. The molecule has 0 unspecified atom stereocenters. The van der Waals surface area contributed by atoms with Crippen molar-refractivity contribution in [3.05, 3.63) is 16.3 Å². The Morgan fingerprint density at radius 2 is 2.20 bits per heavy atom. The minimum absolute atomic E-state index is 0.0411. The van der Waals surface area contributed by atoms with Gasteiger partial charge in [0.15, 0.2) is 5.69 Å². The van der Waals surface area contributed by atoms with Gasteiger partial charge in [-0.3, -0.25) is 0 Å². The Morgan fingerprint density at radius 1 is 1.47 bits per heavy atom. The Hall–Kier alpha value is -1.59. The topological polar surface area (TPSA) is 83.8 Å². The van der Waals surface area contributed by atoms with Crippen molar-refractivity contribution in [1.29, 1.82) is 0 Å². The van der Waals surface area contributed by atoms with E-state index in [0.717, 1.165) is 12.8 Å². The summed E-state index contributed by atoms with van der Waals surface area (Å²) in [5, 5.41) is 19.9. The lowest BCUT2D eigenvalue weighted by atomic mass is 9.95. The minimum atomic E-state index is -0.446. The number of hydrogen-bond donors (Lipinski definition) is 2. The molecule has 2 rings (SSSR count). The van der Waals surface area contributed by atoms with Crippen LogP contribution >= 0.6 is 0 Å². The third-order valence-electron chi connectivity index (χ3n) is 2.77. The van der Waals surface area contributed by atoms with Gasteiger partial charge in [-0.15, -0.1) is 5.10 Å². The number of aromatic amines is 1. The summed E-state index contributed by atoms with van der Waals surface area (Å²) >= 11 is 0. The van der Waals surface area contributed by atoms with Gasteiger partial charge in [-0.2, -0.15) is 0 Å². The van der Waals surface area contributed by atoms with E-state index in [1.165, 1.54) is 25.5 Å². The number of aromatic nitrogens is 2. The fourth-order valence-corrected chi connectivity index (χ4v) is 1.99. The van der Waals surface area contributed by atoms with E-state index in [4.69, 9.17) is 0 Å². The molecule has 0 amide bonds. The Labute approximate surface area is 87.2 Å². The predicted molar refractivity (Wildman–Crippen MR) is 55.7 cm³/mol. The summed E-state index contributed by atoms with van der Waals surface area (Å²) in [5.41, 5.74) is 0.506. The molecule has 1 heterocycles. The van der Waals surface area contributed by atoms with Crippen molar-refractivity contribution >= 4 is 11.5 Å². The SMILES string of the molecule is O=[N+]([O-])c1[nH]ncc1NC1CCCCC1. The molecule has 0 spiro atoms. The van der Waals surface area contributed by atoms with E-state index >= 15 is 0 Å². The Balaban J connectivity index is 2.03. The number of hydrogen-bond acceptors (Lipinski definition) is 4. The zero-order valence-electron chi connectivity index (χ0n) is 8.40. The highest BCUT2D eigenvalue weighted by Gasteiger charge is 2.19. The monoisotopic (exact) mass is 210 g/mol. The van der Waals surface area contributed by atoms with E-state index < -0.39 is 4.92 Å². The average Bonchev–Trinajstić information content (AvgIpc) is 2.67. The van der Waals surface area contributed by atoms with Crippen molar-refractivity contribution in [2.45, 2.75) is 38.1 Å². The summed E-state index contributed by atoms with van der Waals surface area (Å²) in [6.45, 7) is 0. The summed E-state index contributed by atoms with van der Waals surface area (Å²) in [6.07, 6.45) is 7.32. The number of nitrogens with one attached hydrogen (secondary N) is 2. The van der Waals surface area contributed by atoms with Gasteiger partial charge >= 0.3 is 5.82 Å². The molecule has 1 aromatic heterocycles. The van der Waals surface area contributed by atoms with E-state index in [1.54, 1.807) is 0 Å². The molecule has 0 bridgehead atoms. The summed E-state index contributed by atoms with van der Waals surface area (Å²) in [6, 6.07) is 0.357. The van der Waals surface area contributed by atoms with Gasteiger partial charge in [-0.1, -0.05) is 24.4 Å². The van der Waals surface area contributed by atoms with Gasteiger partial charge in [-0.05, 0) is 17.8 Å². The first-order chi connectivity index (χ1) is 7.27. The molecule has 1 aliphatic rings. The van der Waals surface area contributed by atoms with Crippen LogP contribution in [0.3, 0.4) is 0 Å². The van der Waals surface area contributed by atoms with Crippen molar-refractivity contribution in [1.82, 2.24) is 10.2 Å². The molecule has 15 heavy (non-hydrogen) atoms. The molecule has 82 valence electrons. The van der Waals surface area contributed by atoms with Crippen LogP contribution in [-0.2, 0) is 0 Å². The van der Waals surface area contributed by atoms with Crippen LogP contribution in [0.5, 0.6) is 0 Å². The van der Waals surface area contributed by atoms with Crippen LogP contribution in [0.1, 0.15) is 32.1 Å². The highest BCUT2D eigenvalue weighted by molar-refractivity contribution is 5.56. The largest absolute Gasteiger partial charge is 0.374 e. The third-order valence-corrected chi connectivity index (χ3v) is 2.77. The molecule has 0 saturated heterocycles. The molecule has 2 N–H and O–H groups in total. The zero-order valence-corrected chi connectivity index (χ0v) is 8.40. The molecule has 1 fully saturated rings. The molecular formula is C9H14N4O2. The fourth-order valence-electron chi connectivity index (χ4n) is 1.99. The van der Waals surface area contributed by atoms with Crippen LogP contribution in [0.25, 0.3) is 0 Å². The maximum Gasteiger partial charge on any atom is 0.366 e. The molecule has 1 saturated carbocycles. The molecule has 6 nitrogen and oxygen atoms in total. The van der Waals surface area contributed by atoms with Crippen LogP contribution in [0.2, 0.25) is 0 Å². The first-order valence-electron chi connectivity index (χ1n) is 5.21. The number of nitro groups is 1. The van der Waals surface area contributed by atoms with Gasteiger partial charge in [0.2, 0.25) is 0 Å². The van der Waals surface area contributed by atoms with Crippen LogP contribution in [-0.4, -0.2) is 21.2 Å². The van der Waals surface area contributed by atoms with Gasteiger partial charge < -0.3 is 15.4 Å². The van der Waals surface area contributed by atoms with Crippen molar-refractivity contribution < 1.29 is 4.92 Å². The van der Waals surface area contributed by atoms with Gasteiger partial charge in [0.05, 0.1) is 0 Å². The Kier molecular flexibility index (Phi) is 2.84. The highest BCUT2D eigenvalue weighted by Crippen LogP contribution is 2.25. The normalized spacial score (nSPS) is 17.6. The van der Waals surface area contributed by atoms with Gasteiger partial charge in [-0.25, -0.2) is 0 Å². The Bertz CT molecular complexity index is 344. The summed E-state index contributed by atoms with van der Waals surface area (Å²) in [7, 11) is 0. The van der Waals surface area contributed by atoms with Crippen molar-refractivity contribution in [2.75, 3.05) is 5.32 Å². The van der Waals surface area contributed by atoms with Crippen LogP contribution in [0.15, 0.2) is 6.20 Å². The maximum absolute atomic E-state index is 10.6. The van der Waals surface area contributed by atoms with Crippen LogP contribution in [0, 0.1) is 10.1 Å². The average molecular weight is 210 g/mol. The van der Waals surface area contributed by atoms with E-state index in [2.05, 4.69) is 15.5 Å². The molecule has 0 atom stereocenters. The van der Waals surface area contributed by atoms with Gasteiger partial charge in [0.1, 0.15) is 6.20 Å². The summed E-state index contributed by atoms with van der Waals surface area (Å²) in [4.78, 5) is 10.2. The lowest BCUT2D eigenvalue weighted by Crippen LogP contribution is -2.22. The fraction of sp³-hybridized carbons (Fsp3) is 0.667. The van der Waals surface area contributed by atoms with Crippen LogP contribution in [0.4, 0.5) is 11.5 Å². The highest BCUT2D eigenvalue weighted by atomic mass is 16.6. The molecule has 1 aliphatic carbocycles. The molecule has 0 aliphatic heterocycles. The van der Waals surface area contributed by atoms with Gasteiger partial charge in [0, 0.05) is 6.04 Å². The molecular weight excluding hydrogens is 196 g/mol. The first kappa shape index (κ1) is 9.95. The first-order valence-corrected chi connectivity index (χ1v) is 5.21. The minimum Gasteiger partial charge on any atom is -0.374 e. The summed E-state index contributed by atoms with van der Waals surface area (Å²) < 4.78 is 0. The lowest BCUT2D eigenvalue weighted by Gasteiger charge is -2.22. The van der Waals surface area contributed by atoms with Crippen molar-refractivity contribution in [3.63, 3.8) is 0 Å². The second-order valence-electron chi connectivity index (χ2n) is 3.87. The molecule has 0 radical (unpaired) electrons. The Morgan fingerprint density at radius 3 is 2.87 bits per heavy atom. The van der Waals surface area contributed by atoms with Crippen molar-refractivity contribution in [2.24, 2.45) is 0 Å². The second kappa shape index (κ2) is 4.29. The van der Waals surface area contributed by atoms with E-state index in [0.29, 0.717) is 11.7 Å². The standard InChI is InChI=1S/C9H14N4O2/c14-13(15)9-8(6-10-12-9)11-7-4-2-1-3-5-7/h6-7,11H,1-5H2,(H,10,12).